The Labute approximate surface area is 177 Å². The lowest BCUT2D eigenvalue weighted by Gasteiger charge is -2.31. The first kappa shape index (κ1) is 20.4. The van der Waals surface area contributed by atoms with Gasteiger partial charge in [-0.3, -0.25) is 14.4 Å². The summed E-state index contributed by atoms with van der Waals surface area (Å²) >= 11 is 0. The Balaban J connectivity index is 1.65. The number of likely N-dealkylation sites (tertiary alicyclic amines) is 2. The van der Waals surface area contributed by atoms with Gasteiger partial charge in [0.05, 0.1) is 6.04 Å². The van der Waals surface area contributed by atoms with E-state index in [2.05, 4.69) is 19.1 Å². The molecular formula is C24H29N3O3. The molecule has 1 aromatic carbocycles. The molecule has 4 rings (SSSR count). The monoisotopic (exact) mass is 407 g/mol. The van der Waals surface area contributed by atoms with E-state index in [0.29, 0.717) is 31.7 Å². The molecule has 0 unspecified atom stereocenters. The van der Waals surface area contributed by atoms with Gasteiger partial charge >= 0.3 is 0 Å². The van der Waals surface area contributed by atoms with Gasteiger partial charge in [-0.1, -0.05) is 31.2 Å². The minimum absolute atomic E-state index is 0.0113. The zero-order valence-electron chi connectivity index (χ0n) is 18.1. The van der Waals surface area contributed by atoms with Crippen LogP contribution in [0.2, 0.25) is 0 Å². The van der Waals surface area contributed by atoms with E-state index < -0.39 is 0 Å². The van der Waals surface area contributed by atoms with Crippen molar-refractivity contribution in [3.8, 4) is 0 Å². The average Bonchev–Trinajstić information content (AvgIpc) is 3.28. The van der Waals surface area contributed by atoms with E-state index in [1.807, 2.05) is 42.8 Å². The van der Waals surface area contributed by atoms with E-state index in [1.54, 1.807) is 4.57 Å². The van der Waals surface area contributed by atoms with Crippen molar-refractivity contribution < 1.29 is 9.59 Å². The average molecular weight is 408 g/mol. The molecule has 2 fully saturated rings. The highest BCUT2D eigenvalue weighted by molar-refractivity contribution is 5.93. The smallest absolute Gasteiger partial charge is 0.270 e. The Kier molecular flexibility index (Phi) is 5.26. The molecule has 2 aliphatic rings. The summed E-state index contributed by atoms with van der Waals surface area (Å²) in [5.41, 5.74) is 3.38. The van der Waals surface area contributed by atoms with E-state index in [0.717, 1.165) is 5.69 Å². The number of aromatic nitrogens is 1. The lowest BCUT2D eigenvalue weighted by molar-refractivity contribution is -0.132. The Morgan fingerprint density at radius 1 is 1.07 bits per heavy atom. The SMILES string of the molecule is CCC(=O)N1C[C@@H]2CN(C(=O)c3cc(=O)cc(C)n3C)C[C@@H]2[C@H]1c1ccccc1C. The highest BCUT2D eigenvalue weighted by Gasteiger charge is 2.50. The van der Waals surface area contributed by atoms with Crippen LogP contribution in [0, 0.1) is 25.7 Å². The third-order valence-electron chi connectivity index (χ3n) is 6.82. The highest BCUT2D eigenvalue weighted by atomic mass is 16.2. The minimum Gasteiger partial charge on any atom is -0.344 e. The summed E-state index contributed by atoms with van der Waals surface area (Å²) in [5.74, 6) is 0.504. The van der Waals surface area contributed by atoms with Crippen molar-refractivity contribution in [1.82, 2.24) is 14.4 Å². The number of pyridine rings is 1. The molecule has 158 valence electrons. The standard InChI is InChI=1S/C24H29N3O3/c1-5-22(29)27-13-17-12-26(24(30)21-11-18(28)10-16(3)25(21)4)14-20(17)23(27)19-9-7-6-8-15(19)2/h6-11,17,20,23H,5,12-14H2,1-4H3/t17-,20-,23+/m0/s1. The van der Waals surface area contributed by atoms with Crippen molar-refractivity contribution in [3.63, 3.8) is 0 Å². The van der Waals surface area contributed by atoms with Gasteiger partial charge < -0.3 is 14.4 Å². The van der Waals surface area contributed by atoms with Gasteiger partial charge in [0.25, 0.3) is 5.91 Å². The van der Waals surface area contributed by atoms with Gasteiger partial charge in [0, 0.05) is 62.8 Å². The Morgan fingerprint density at radius 3 is 2.50 bits per heavy atom. The van der Waals surface area contributed by atoms with Gasteiger partial charge in [-0.15, -0.1) is 0 Å². The van der Waals surface area contributed by atoms with Gasteiger partial charge in [-0.05, 0) is 25.0 Å². The second-order valence-corrected chi connectivity index (χ2v) is 8.61. The molecule has 0 radical (unpaired) electrons. The Morgan fingerprint density at radius 2 is 1.80 bits per heavy atom. The second-order valence-electron chi connectivity index (χ2n) is 8.61. The van der Waals surface area contributed by atoms with Crippen LogP contribution in [-0.2, 0) is 11.8 Å². The molecule has 0 bridgehead atoms. The molecule has 0 N–H and O–H groups in total. The summed E-state index contributed by atoms with van der Waals surface area (Å²) in [6.45, 7) is 7.70. The van der Waals surface area contributed by atoms with Gasteiger partial charge in [-0.25, -0.2) is 0 Å². The van der Waals surface area contributed by atoms with Crippen LogP contribution in [0.15, 0.2) is 41.2 Å². The molecule has 0 spiro atoms. The zero-order chi connectivity index (χ0) is 21.6. The van der Waals surface area contributed by atoms with Crippen LogP contribution >= 0.6 is 0 Å². The van der Waals surface area contributed by atoms with E-state index in [4.69, 9.17) is 0 Å². The number of carbonyl (C=O) groups is 2. The van der Waals surface area contributed by atoms with Crippen molar-refractivity contribution in [1.29, 1.82) is 0 Å². The number of fused-ring (bicyclic) bond motifs is 1. The summed E-state index contributed by atoms with van der Waals surface area (Å²) < 4.78 is 1.78. The number of amides is 2. The maximum absolute atomic E-state index is 13.3. The van der Waals surface area contributed by atoms with Crippen LogP contribution in [0.5, 0.6) is 0 Å². The van der Waals surface area contributed by atoms with E-state index >= 15 is 0 Å². The van der Waals surface area contributed by atoms with E-state index in [9.17, 15) is 14.4 Å². The van der Waals surface area contributed by atoms with Crippen molar-refractivity contribution in [2.75, 3.05) is 19.6 Å². The molecule has 0 saturated carbocycles. The first-order chi connectivity index (χ1) is 14.3. The molecule has 0 aliphatic carbocycles. The van der Waals surface area contributed by atoms with Gasteiger partial charge in [0.15, 0.2) is 5.43 Å². The number of aryl methyl sites for hydroxylation is 2. The Hall–Kier alpha value is -2.89. The fourth-order valence-electron chi connectivity index (χ4n) is 5.12. The van der Waals surface area contributed by atoms with Gasteiger partial charge in [-0.2, -0.15) is 0 Å². The number of hydrogen-bond acceptors (Lipinski definition) is 3. The second kappa shape index (κ2) is 7.74. The highest BCUT2D eigenvalue weighted by Crippen LogP contribution is 2.46. The maximum Gasteiger partial charge on any atom is 0.270 e. The zero-order valence-corrected chi connectivity index (χ0v) is 18.1. The number of hydrogen-bond donors (Lipinski definition) is 0. The summed E-state index contributed by atoms with van der Waals surface area (Å²) in [6, 6.07) is 11.2. The minimum atomic E-state index is -0.147. The van der Waals surface area contributed by atoms with Crippen LogP contribution in [0.1, 0.15) is 46.7 Å². The summed E-state index contributed by atoms with van der Waals surface area (Å²) in [6.07, 6.45) is 0.482. The maximum atomic E-state index is 13.3. The van der Waals surface area contributed by atoms with Crippen molar-refractivity contribution in [2.24, 2.45) is 18.9 Å². The summed E-state index contributed by atoms with van der Waals surface area (Å²) in [7, 11) is 1.82. The molecule has 6 nitrogen and oxygen atoms in total. The largest absolute Gasteiger partial charge is 0.344 e. The fraction of sp³-hybridized carbons (Fsp3) is 0.458. The van der Waals surface area contributed by atoms with Gasteiger partial charge in [0.1, 0.15) is 5.69 Å². The molecule has 2 saturated heterocycles. The van der Waals surface area contributed by atoms with Crippen molar-refractivity contribution in [2.45, 2.75) is 33.2 Å². The van der Waals surface area contributed by atoms with Crippen LogP contribution in [0.25, 0.3) is 0 Å². The van der Waals surface area contributed by atoms with E-state index in [1.165, 1.54) is 23.3 Å². The first-order valence-corrected chi connectivity index (χ1v) is 10.6. The number of nitrogens with zero attached hydrogens (tertiary/aromatic N) is 3. The lowest BCUT2D eigenvalue weighted by Crippen LogP contribution is -2.38. The lowest BCUT2D eigenvalue weighted by atomic mass is 9.87. The molecule has 2 aliphatic heterocycles. The fourth-order valence-corrected chi connectivity index (χ4v) is 5.12. The van der Waals surface area contributed by atoms with Gasteiger partial charge in [0.2, 0.25) is 5.91 Å². The van der Waals surface area contributed by atoms with Crippen LogP contribution < -0.4 is 5.43 Å². The normalized spacial score (nSPS) is 23.0. The van der Waals surface area contributed by atoms with Crippen LogP contribution in [0.3, 0.4) is 0 Å². The quantitative estimate of drug-likeness (QED) is 0.786. The predicted octanol–water partition coefficient (Wildman–Crippen LogP) is 2.68. The summed E-state index contributed by atoms with van der Waals surface area (Å²) in [4.78, 5) is 41.8. The molecule has 30 heavy (non-hydrogen) atoms. The third-order valence-corrected chi connectivity index (χ3v) is 6.82. The third kappa shape index (κ3) is 3.34. The molecular weight excluding hydrogens is 378 g/mol. The molecule has 3 heterocycles. The molecule has 6 heteroatoms. The van der Waals surface area contributed by atoms with Crippen molar-refractivity contribution in [3.05, 3.63) is 69.1 Å². The van der Waals surface area contributed by atoms with E-state index in [-0.39, 0.29) is 35.1 Å². The molecule has 1 aromatic heterocycles. The van der Waals surface area contributed by atoms with Crippen LogP contribution in [-0.4, -0.2) is 45.8 Å². The number of rotatable bonds is 3. The van der Waals surface area contributed by atoms with Crippen molar-refractivity contribution >= 4 is 11.8 Å². The molecule has 3 atom stereocenters. The Bertz CT molecular complexity index is 1060. The molecule has 2 amide bonds. The topological polar surface area (TPSA) is 62.6 Å². The molecule has 2 aromatic rings. The number of benzene rings is 1. The predicted molar refractivity (Wildman–Crippen MR) is 115 cm³/mol. The first-order valence-electron chi connectivity index (χ1n) is 10.6. The number of carbonyl (C=O) groups excluding carboxylic acids is 2. The van der Waals surface area contributed by atoms with Crippen LogP contribution in [0.4, 0.5) is 0 Å². The summed E-state index contributed by atoms with van der Waals surface area (Å²) in [5, 5.41) is 0.